The molecule has 0 unspecified atom stereocenters. The number of rotatable bonds is 1. The van der Waals surface area contributed by atoms with Gasteiger partial charge in [0.15, 0.2) is 5.52 Å². The number of nitro groups is 1. The summed E-state index contributed by atoms with van der Waals surface area (Å²) in [4.78, 5) is 15.7. The van der Waals surface area contributed by atoms with Gasteiger partial charge in [0.1, 0.15) is 0 Å². The Bertz CT molecular complexity index is 561. The number of hydrogen-bond acceptors (Lipinski definition) is 3. The van der Waals surface area contributed by atoms with Crippen LogP contribution in [0.25, 0.3) is 11.0 Å². The van der Waals surface area contributed by atoms with E-state index < -0.39 is 22.4 Å². The molecule has 1 N–H and O–H groups in total. The summed E-state index contributed by atoms with van der Waals surface area (Å²) in [5.74, 6) is 0. The predicted octanol–water partition coefficient (Wildman–Crippen LogP) is 2.49. The molecule has 0 radical (unpaired) electrons. The van der Waals surface area contributed by atoms with Gasteiger partial charge in [-0.3, -0.25) is 10.1 Å². The Hall–Kier alpha value is -2.12. The second-order valence-corrected chi connectivity index (χ2v) is 3.05. The Kier molecular flexibility index (Phi) is 2.07. The molecule has 1 heterocycles. The van der Waals surface area contributed by atoms with Crippen molar-refractivity contribution in [3.63, 3.8) is 0 Å². The average Bonchev–Trinajstić information content (AvgIpc) is 2.61. The molecule has 84 valence electrons. The van der Waals surface area contributed by atoms with Gasteiger partial charge >= 0.3 is 6.18 Å². The maximum atomic E-state index is 12.4. The van der Waals surface area contributed by atoms with Crippen LogP contribution in [-0.4, -0.2) is 14.9 Å². The number of hydrogen-bond donors (Lipinski definition) is 1. The lowest BCUT2D eigenvalue weighted by molar-refractivity contribution is -0.383. The molecule has 0 aliphatic carbocycles. The summed E-state index contributed by atoms with van der Waals surface area (Å²) in [5, 5.41) is 10.6. The first-order valence-electron chi connectivity index (χ1n) is 4.08. The van der Waals surface area contributed by atoms with Crippen LogP contribution in [0.1, 0.15) is 5.56 Å². The van der Waals surface area contributed by atoms with Gasteiger partial charge in [-0.05, 0) is 6.07 Å². The molecule has 0 saturated heterocycles. The van der Waals surface area contributed by atoms with E-state index >= 15 is 0 Å². The molecule has 0 saturated carbocycles. The molecule has 0 bridgehead atoms. The van der Waals surface area contributed by atoms with Crippen molar-refractivity contribution in [3.05, 3.63) is 34.1 Å². The Morgan fingerprint density at radius 1 is 1.38 bits per heavy atom. The Labute approximate surface area is 86.1 Å². The first-order valence-corrected chi connectivity index (χ1v) is 4.08. The van der Waals surface area contributed by atoms with Crippen LogP contribution in [-0.2, 0) is 6.18 Å². The molecule has 0 aliphatic rings. The number of nitrogens with one attached hydrogen (secondary N) is 1. The van der Waals surface area contributed by atoms with Crippen molar-refractivity contribution in [2.75, 3.05) is 0 Å². The number of nitrogens with zero attached hydrogens (tertiary/aromatic N) is 2. The zero-order valence-corrected chi connectivity index (χ0v) is 7.58. The van der Waals surface area contributed by atoms with Crippen LogP contribution in [0.5, 0.6) is 0 Å². The van der Waals surface area contributed by atoms with E-state index in [1.54, 1.807) is 0 Å². The van der Waals surface area contributed by atoms with Crippen molar-refractivity contribution >= 4 is 16.7 Å². The van der Waals surface area contributed by atoms with Gasteiger partial charge in [0.05, 0.1) is 22.3 Å². The van der Waals surface area contributed by atoms with Crippen molar-refractivity contribution in [3.8, 4) is 0 Å². The number of H-pyrrole nitrogens is 1. The van der Waals surface area contributed by atoms with Crippen LogP contribution in [0, 0.1) is 10.1 Å². The van der Waals surface area contributed by atoms with Crippen molar-refractivity contribution in [2.45, 2.75) is 6.18 Å². The number of halogens is 3. The Balaban J connectivity index is 2.76. The fourth-order valence-electron chi connectivity index (χ4n) is 1.33. The highest BCUT2D eigenvalue weighted by molar-refractivity contribution is 5.85. The molecule has 0 aliphatic heterocycles. The molecule has 0 atom stereocenters. The summed E-state index contributed by atoms with van der Waals surface area (Å²) in [6, 6.07) is 1.26. The summed E-state index contributed by atoms with van der Waals surface area (Å²) in [6.45, 7) is 0. The fraction of sp³-hybridized carbons (Fsp3) is 0.125. The maximum absolute atomic E-state index is 12.4. The number of nitro benzene ring substituents is 1. The quantitative estimate of drug-likeness (QED) is 0.605. The zero-order chi connectivity index (χ0) is 11.9. The van der Waals surface area contributed by atoms with Crippen molar-refractivity contribution in [1.82, 2.24) is 9.97 Å². The number of aromatic nitrogens is 2. The van der Waals surface area contributed by atoms with E-state index in [4.69, 9.17) is 0 Å². The fourth-order valence-corrected chi connectivity index (χ4v) is 1.33. The lowest BCUT2D eigenvalue weighted by atomic mass is 10.1. The topological polar surface area (TPSA) is 71.8 Å². The number of fused-ring (bicyclic) bond motifs is 1. The number of benzene rings is 1. The SMILES string of the molecule is O=[N+]([O-])c1cc(C(F)(F)F)cc2[nH]cnc12. The minimum Gasteiger partial charge on any atom is -0.344 e. The van der Waals surface area contributed by atoms with Gasteiger partial charge < -0.3 is 4.98 Å². The Morgan fingerprint density at radius 3 is 2.62 bits per heavy atom. The van der Waals surface area contributed by atoms with E-state index in [9.17, 15) is 23.3 Å². The van der Waals surface area contributed by atoms with Gasteiger partial charge in [-0.25, -0.2) is 4.98 Å². The van der Waals surface area contributed by atoms with Crippen LogP contribution in [0.15, 0.2) is 18.5 Å². The highest BCUT2D eigenvalue weighted by atomic mass is 19.4. The molecule has 1 aromatic carbocycles. The van der Waals surface area contributed by atoms with Crippen molar-refractivity contribution < 1.29 is 18.1 Å². The van der Waals surface area contributed by atoms with Crippen molar-refractivity contribution in [1.29, 1.82) is 0 Å². The minimum atomic E-state index is -4.62. The molecule has 0 fully saturated rings. The monoisotopic (exact) mass is 231 g/mol. The third-order valence-electron chi connectivity index (χ3n) is 2.03. The third-order valence-corrected chi connectivity index (χ3v) is 2.03. The molecule has 5 nitrogen and oxygen atoms in total. The van der Waals surface area contributed by atoms with Crippen molar-refractivity contribution in [2.24, 2.45) is 0 Å². The first-order chi connectivity index (χ1) is 7.39. The summed E-state index contributed by atoms with van der Waals surface area (Å²) < 4.78 is 37.2. The van der Waals surface area contributed by atoms with Crippen LogP contribution < -0.4 is 0 Å². The van der Waals surface area contributed by atoms with Gasteiger partial charge in [0.2, 0.25) is 0 Å². The van der Waals surface area contributed by atoms with Crippen LogP contribution in [0.4, 0.5) is 18.9 Å². The van der Waals surface area contributed by atoms with Crippen LogP contribution in [0.3, 0.4) is 0 Å². The number of non-ortho nitro benzene ring substituents is 1. The van der Waals surface area contributed by atoms with Gasteiger partial charge in [-0.2, -0.15) is 13.2 Å². The van der Waals surface area contributed by atoms with E-state index in [0.717, 1.165) is 12.4 Å². The smallest absolute Gasteiger partial charge is 0.344 e. The summed E-state index contributed by atoms with van der Waals surface area (Å²) in [5.41, 5.74) is -1.83. The molecular weight excluding hydrogens is 227 g/mol. The molecule has 0 spiro atoms. The molecule has 2 aromatic rings. The average molecular weight is 231 g/mol. The lowest BCUT2D eigenvalue weighted by Crippen LogP contribution is -2.05. The standard InChI is InChI=1S/C8H4F3N3O2/c9-8(10,11)4-1-5-7(13-3-12-5)6(2-4)14(15)16/h1-3H,(H,12,13). The van der Waals surface area contributed by atoms with E-state index in [2.05, 4.69) is 9.97 Å². The molecule has 16 heavy (non-hydrogen) atoms. The van der Waals surface area contributed by atoms with E-state index in [-0.39, 0.29) is 11.0 Å². The molecule has 1 aromatic heterocycles. The summed E-state index contributed by atoms with van der Waals surface area (Å²) >= 11 is 0. The molecule has 0 amide bonds. The van der Waals surface area contributed by atoms with Crippen LogP contribution >= 0.6 is 0 Å². The Morgan fingerprint density at radius 2 is 2.06 bits per heavy atom. The summed E-state index contributed by atoms with van der Waals surface area (Å²) in [7, 11) is 0. The van der Waals surface area contributed by atoms with E-state index in [1.165, 1.54) is 0 Å². The third kappa shape index (κ3) is 1.58. The normalized spacial score (nSPS) is 11.9. The highest BCUT2D eigenvalue weighted by Crippen LogP contribution is 2.34. The summed E-state index contributed by atoms with van der Waals surface area (Å²) in [6.07, 6.45) is -3.51. The first kappa shape index (κ1) is 10.4. The van der Waals surface area contributed by atoms with E-state index in [1.807, 2.05) is 0 Å². The highest BCUT2D eigenvalue weighted by Gasteiger charge is 2.33. The predicted molar refractivity (Wildman–Crippen MR) is 47.8 cm³/mol. The second kappa shape index (κ2) is 3.19. The maximum Gasteiger partial charge on any atom is 0.416 e. The van der Waals surface area contributed by atoms with Crippen LogP contribution in [0.2, 0.25) is 0 Å². The largest absolute Gasteiger partial charge is 0.416 e. The van der Waals surface area contributed by atoms with E-state index in [0.29, 0.717) is 6.07 Å². The van der Waals surface area contributed by atoms with Gasteiger partial charge in [0.25, 0.3) is 5.69 Å². The number of imidazole rings is 1. The lowest BCUT2D eigenvalue weighted by Gasteiger charge is -2.05. The van der Waals surface area contributed by atoms with Gasteiger partial charge in [0, 0.05) is 6.07 Å². The zero-order valence-electron chi connectivity index (χ0n) is 7.58. The van der Waals surface area contributed by atoms with Gasteiger partial charge in [-0.15, -0.1) is 0 Å². The number of alkyl halides is 3. The molecule has 8 heteroatoms. The number of aromatic amines is 1. The minimum absolute atomic E-state index is 0.0125. The second-order valence-electron chi connectivity index (χ2n) is 3.05. The molecular formula is C8H4F3N3O2. The van der Waals surface area contributed by atoms with Gasteiger partial charge in [-0.1, -0.05) is 0 Å². The molecule has 2 rings (SSSR count).